The summed E-state index contributed by atoms with van der Waals surface area (Å²) in [6.45, 7) is 3.86. The van der Waals surface area contributed by atoms with E-state index in [2.05, 4.69) is 21.1 Å². The molecular formula is C26H26N4O5. The van der Waals surface area contributed by atoms with Gasteiger partial charge in [0.15, 0.2) is 6.61 Å². The van der Waals surface area contributed by atoms with E-state index in [4.69, 9.17) is 9.57 Å². The van der Waals surface area contributed by atoms with Crippen molar-refractivity contribution in [3.8, 4) is 5.75 Å². The van der Waals surface area contributed by atoms with E-state index in [0.29, 0.717) is 29.4 Å². The van der Waals surface area contributed by atoms with Gasteiger partial charge in [0.05, 0.1) is 17.9 Å². The summed E-state index contributed by atoms with van der Waals surface area (Å²) < 4.78 is 5.39. The third-order valence-electron chi connectivity index (χ3n) is 4.71. The number of hydrogen-bond acceptors (Lipinski definition) is 6. The number of ether oxygens (including phenoxy) is 1. The number of carbonyl (C=O) groups excluding carboxylic acids is 3. The molecule has 35 heavy (non-hydrogen) atoms. The van der Waals surface area contributed by atoms with Crippen LogP contribution in [0.25, 0.3) is 0 Å². The van der Waals surface area contributed by atoms with Crippen molar-refractivity contribution in [2.45, 2.75) is 13.8 Å². The minimum atomic E-state index is -0.539. The highest BCUT2D eigenvalue weighted by Crippen LogP contribution is 2.20. The van der Waals surface area contributed by atoms with Crippen LogP contribution in [-0.4, -0.2) is 37.1 Å². The molecule has 3 amide bonds. The summed E-state index contributed by atoms with van der Waals surface area (Å²) in [7, 11) is 0. The monoisotopic (exact) mass is 474 g/mol. The zero-order valence-corrected chi connectivity index (χ0v) is 19.4. The molecule has 0 aliphatic carbocycles. The van der Waals surface area contributed by atoms with Gasteiger partial charge in [0.25, 0.3) is 17.7 Å². The van der Waals surface area contributed by atoms with Crippen molar-refractivity contribution < 1.29 is 24.0 Å². The molecule has 0 aromatic heterocycles. The molecule has 0 aliphatic rings. The Hall–Kier alpha value is -4.66. The number of oxime groups is 1. The molecular weight excluding hydrogens is 448 g/mol. The van der Waals surface area contributed by atoms with E-state index in [1.54, 1.807) is 60.7 Å². The molecule has 0 atom stereocenters. The standard InChI is InChI=1S/C26H26N4O5/c1-3-34-20-14-12-19(13-15-20)28-26(33)21-9-5-7-11-23(21)30-25(32)17-35-27-16-24(31)29-22-10-6-4-8-18(22)2/h4-16H,3,17H2,1-2H3,(H,28,33)(H,29,31)(H,30,32)/b27-16+. The van der Waals surface area contributed by atoms with Crippen LogP contribution in [0.3, 0.4) is 0 Å². The molecule has 0 fully saturated rings. The minimum Gasteiger partial charge on any atom is -0.494 e. The number of nitrogens with one attached hydrogen (secondary N) is 3. The largest absolute Gasteiger partial charge is 0.494 e. The van der Waals surface area contributed by atoms with E-state index in [1.807, 2.05) is 26.0 Å². The molecule has 3 aromatic carbocycles. The first-order chi connectivity index (χ1) is 17.0. The number of anilines is 3. The van der Waals surface area contributed by atoms with Crippen molar-refractivity contribution in [2.75, 3.05) is 29.2 Å². The number of para-hydroxylation sites is 2. The smallest absolute Gasteiger partial charge is 0.270 e. The second kappa shape index (κ2) is 12.5. The quantitative estimate of drug-likeness (QED) is 0.300. The first kappa shape index (κ1) is 25.0. The van der Waals surface area contributed by atoms with Crippen LogP contribution in [-0.2, 0) is 14.4 Å². The van der Waals surface area contributed by atoms with Gasteiger partial charge in [-0.05, 0) is 61.9 Å². The van der Waals surface area contributed by atoms with Crippen LogP contribution in [0.4, 0.5) is 17.1 Å². The Balaban J connectivity index is 1.51. The van der Waals surface area contributed by atoms with Crippen LogP contribution in [0.1, 0.15) is 22.8 Å². The highest BCUT2D eigenvalue weighted by molar-refractivity contribution is 6.31. The van der Waals surface area contributed by atoms with Crippen LogP contribution >= 0.6 is 0 Å². The van der Waals surface area contributed by atoms with Gasteiger partial charge in [-0.25, -0.2) is 0 Å². The number of carbonyl (C=O) groups is 3. The molecule has 0 saturated heterocycles. The predicted octanol–water partition coefficient (Wildman–Crippen LogP) is 4.23. The Morgan fingerprint density at radius 1 is 0.857 bits per heavy atom. The Labute approximate surface area is 203 Å². The highest BCUT2D eigenvalue weighted by atomic mass is 16.6. The zero-order valence-electron chi connectivity index (χ0n) is 19.4. The fourth-order valence-electron chi connectivity index (χ4n) is 3.04. The van der Waals surface area contributed by atoms with Gasteiger partial charge >= 0.3 is 0 Å². The molecule has 0 unspecified atom stereocenters. The van der Waals surface area contributed by atoms with Gasteiger partial charge < -0.3 is 25.5 Å². The molecule has 0 heterocycles. The maximum absolute atomic E-state index is 12.7. The van der Waals surface area contributed by atoms with E-state index in [9.17, 15) is 14.4 Å². The number of rotatable bonds is 10. The molecule has 9 heteroatoms. The maximum atomic E-state index is 12.7. The molecule has 0 bridgehead atoms. The molecule has 9 nitrogen and oxygen atoms in total. The van der Waals surface area contributed by atoms with Crippen LogP contribution in [0.15, 0.2) is 78.0 Å². The Kier molecular flexibility index (Phi) is 8.95. The van der Waals surface area contributed by atoms with Crippen LogP contribution < -0.4 is 20.7 Å². The number of hydrogen-bond donors (Lipinski definition) is 3. The van der Waals surface area contributed by atoms with E-state index < -0.39 is 24.3 Å². The third kappa shape index (κ3) is 7.71. The molecule has 0 saturated carbocycles. The van der Waals surface area contributed by atoms with Crippen molar-refractivity contribution in [2.24, 2.45) is 5.16 Å². The number of amides is 3. The number of nitrogens with zero attached hydrogens (tertiary/aromatic N) is 1. The predicted molar refractivity (Wildman–Crippen MR) is 135 cm³/mol. The van der Waals surface area contributed by atoms with E-state index >= 15 is 0 Å². The van der Waals surface area contributed by atoms with Crippen molar-refractivity contribution in [1.29, 1.82) is 0 Å². The molecule has 3 aromatic rings. The van der Waals surface area contributed by atoms with Crippen LogP contribution in [0, 0.1) is 6.92 Å². The third-order valence-corrected chi connectivity index (χ3v) is 4.71. The summed E-state index contributed by atoms with van der Waals surface area (Å²) in [6, 6.07) is 20.8. The summed E-state index contributed by atoms with van der Waals surface area (Å²) in [4.78, 5) is 41.9. The lowest BCUT2D eigenvalue weighted by molar-refractivity contribution is -0.120. The number of aryl methyl sites for hydroxylation is 1. The van der Waals surface area contributed by atoms with Gasteiger partial charge in [0, 0.05) is 11.4 Å². The summed E-state index contributed by atoms with van der Waals surface area (Å²) in [5.74, 6) is -0.718. The first-order valence-electron chi connectivity index (χ1n) is 10.9. The van der Waals surface area contributed by atoms with Crippen molar-refractivity contribution in [3.05, 3.63) is 83.9 Å². The van der Waals surface area contributed by atoms with Crippen LogP contribution in [0.2, 0.25) is 0 Å². The maximum Gasteiger partial charge on any atom is 0.270 e. The van der Waals surface area contributed by atoms with Gasteiger partial charge in [-0.3, -0.25) is 14.4 Å². The summed E-state index contributed by atoms with van der Waals surface area (Å²) in [6.07, 6.45) is 0.942. The van der Waals surface area contributed by atoms with Crippen LogP contribution in [0.5, 0.6) is 5.75 Å². The van der Waals surface area contributed by atoms with Crippen molar-refractivity contribution in [3.63, 3.8) is 0 Å². The first-order valence-corrected chi connectivity index (χ1v) is 10.9. The fraction of sp³-hybridized carbons (Fsp3) is 0.154. The highest BCUT2D eigenvalue weighted by Gasteiger charge is 2.14. The Bertz CT molecular complexity index is 1210. The Morgan fingerprint density at radius 3 is 2.26 bits per heavy atom. The SMILES string of the molecule is CCOc1ccc(NC(=O)c2ccccc2NC(=O)CO/N=C/C(=O)Nc2ccccc2C)cc1. The lowest BCUT2D eigenvalue weighted by Gasteiger charge is -2.11. The molecule has 3 N–H and O–H groups in total. The number of benzene rings is 3. The molecule has 0 radical (unpaired) electrons. The van der Waals surface area contributed by atoms with E-state index in [-0.39, 0.29) is 5.56 Å². The fourth-order valence-corrected chi connectivity index (χ4v) is 3.04. The van der Waals surface area contributed by atoms with Gasteiger partial charge in [0.1, 0.15) is 12.0 Å². The van der Waals surface area contributed by atoms with Gasteiger partial charge in [-0.1, -0.05) is 35.5 Å². The second-order valence-corrected chi connectivity index (χ2v) is 7.32. The lowest BCUT2D eigenvalue weighted by atomic mass is 10.1. The zero-order chi connectivity index (χ0) is 25.0. The lowest BCUT2D eigenvalue weighted by Crippen LogP contribution is -2.21. The average Bonchev–Trinajstić information content (AvgIpc) is 2.85. The van der Waals surface area contributed by atoms with E-state index in [0.717, 1.165) is 11.8 Å². The minimum absolute atomic E-state index is 0.274. The van der Waals surface area contributed by atoms with Crippen molar-refractivity contribution in [1.82, 2.24) is 0 Å². The molecule has 0 aliphatic heterocycles. The summed E-state index contributed by atoms with van der Waals surface area (Å²) in [5.41, 5.74) is 2.73. The van der Waals surface area contributed by atoms with E-state index in [1.165, 1.54) is 0 Å². The summed E-state index contributed by atoms with van der Waals surface area (Å²) in [5, 5.41) is 11.6. The molecule has 0 spiro atoms. The van der Waals surface area contributed by atoms with Gasteiger partial charge in [-0.2, -0.15) is 0 Å². The Morgan fingerprint density at radius 2 is 1.54 bits per heavy atom. The van der Waals surface area contributed by atoms with Crippen molar-refractivity contribution >= 4 is 41.0 Å². The molecule has 180 valence electrons. The normalized spacial score (nSPS) is 10.5. The van der Waals surface area contributed by atoms with Gasteiger partial charge in [0.2, 0.25) is 0 Å². The average molecular weight is 475 g/mol. The second-order valence-electron chi connectivity index (χ2n) is 7.32. The summed E-state index contributed by atoms with van der Waals surface area (Å²) >= 11 is 0. The van der Waals surface area contributed by atoms with Gasteiger partial charge in [-0.15, -0.1) is 0 Å². The molecule has 3 rings (SSSR count). The topological polar surface area (TPSA) is 118 Å².